The minimum Gasteiger partial charge on any atom is -0.377 e. The number of amides is 2. The molecular formula is C16H22N4O4. The summed E-state index contributed by atoms with van der Waals surface area (Å²) < 4.78 is 0. The van der Waals surface area contributed by atoms with Gasteiger partial charge in [0.1, 0.15) is 5.69 Å². The van der Waals surface area contributed by atoms with E-state index in [9.17, 15) is 19.7 Å². The maximum atomic E-state index is 12.4. The normalized spacial score (nSPS) is 13.5. The van der Waals surface area contributed by atoms with Crippen molar-refractivity contribution in [1.82, 2.24) is 10.2 Å². The lowest BCUT2D eigenvalue weighted by Crippen LogP contribution is -2.40. The molecule has 0 aromatic heterocycles. The fraction of sp³-hybridized carbons (Fsp3) is 0.500. The highest BCUT2D eigenvalue weighted by molar-refractivity contribution is 5.97. The van der Waals surface area contributed by atoms with Gasteiger partial charge in [0.25, 0.3) is 11.6 Å². The van der Waals surface area contributed by atoms with Gasteiger partial charge in [-0.15, -0.1) is 0 Å². The van der Waals surface area contributed by atoms with Crippen molar-refractivity contribution < 1.29 is 14.5 Å². The van der Waals surface area contributed by atoms with Crippen LogP contribution in [0.15, 0.2) is 18.2 Å². The van der Waals surface area contributed by atoms with Crippen LogP contribution in [0.2, 0.25) is 0 Å². The Labute approximate surface area is 140 Å². The molecule has 1 saturated carbocycles. The van der Waals surface area contributed by atoms with Crippen molar-refractivity contribution in [3.05, 3.63) is 33.9 Å². The van der Waals surface area contributed by atoms with Gasteiger partial charge in [-0.1, -0.05) is 0 Å². The van der Waals surface area contributed by atoms with Crippen molar-refractivity contribution in [2.45, 2.75) is 38.8 Å². The number of carbonyl (C=O) groups excluding carboxylic acids is 2. The summed E-state index contributed by atoms with van der Waals surface area (Å²) in [5.41, 5.74) is 0.468. The van der Waals surface area contributed by atoms with E-state index in [0.717, 1.165) is 12.8 Å². The SMILES string of the molecule is CC(C)NC(=O)CN(C)C(=O)c1ccc(NC2CC2)c([N+](=O)[O-])c1. The predicted octanol–water partition coefficient (Wildman–Crippen LogP) is 1.77. The van der Waals surface area contributed by atoms with Crippen molar-refractivity contribution in [3.63, 3.8) is 0 Å². The molecule has 1 aromatic carbocycles. The molecule has 130 valence electrons. The molecular weight excluding hydrogens is 312 g/mol. The third-order valence-electron chi connectivity index (χ3n) is 3.56. The van der Waals surface area contributed by atoms with Crippen LogP contribution in [0.4, 0.5) is 11.4 Å². The minimum absolute atomic E-state index is 0.0186. The highest BCUT2D eigenvalue weighted by Crippen LogP contribution is 2.31. The fourth-order valence-electron chi connectivity index (χ4n) is 2.26. The van der Waals surface area contributed by atoms with Crippen LogP contribution in [0.3, 0.4) is 0 Å². The number of likely N-dealkylation sites (N-methyl/N-ethyl adjacent to an activating group) is 1. The number of rotatable bonds is 7. The van der Waals surface area contributed by atoms with Crippen molar-refractivity contribution in [3.8, 4) is 0 Å². The van der Waals surface area contributed by atoms with Crippen molar-refractivity contribution >= 4 is 23.2 Å². The summed E-state index contributed by atoms with van der Waals surface area (Å²) in [6.45, 7) is 3.55. The van der Waals surface area contributed by atoms with Gasteiger partial charge in [0, 0.05) is 30.8 Å². The molecule has 0 radical (unpaired) electrons. The summed E-state index contributed by atoms with van der Waals surface area (Å²) in [6.07, 6.45) is 1.98. The number of nitrogens with zero attached hydrogens (tertiary/aromatic N) is 2. The molecule has 1 aliphatic rings. The number of hydrogen-bond donors (Lipinski definition) is 2. The van der Waals surface area contributed by atoms with Crippen molar-refractivity contribution in [1.29, 1.82) is 0 Å². The zero-order chi connectivity index (χ0) is 17.9. The molecule has 0 aliphatic heterocycles. The largest absolute Gasteiger partial charge is 0.377 e. The number of hydrogen-bond acceptors (Lipinski definition) is 5. The van der Waals surface area contributed by atoms with Gasteiger partial charge in [0.2, 0.25) is 5.91 Å². The first-order chi connectivity index (χ1) is 11.3. The first-order valence-corrected chi connectivity index (χ1v) is 7.87. The summed E-state index contributed by atoms with van der Waals surface area (Å²) >= 11 is 0. The molecule has 2 N–H and O–H groups in total. The van der Waals surface area contributed by atoms with E-state index in [-0.39, 0.29) is 35.8 Å². The second-order valence-electron chi connectivity index (χ2n) is 6.29. The number of benzene rings is 1. The van der Waals surface area contributed by atoms with E-state index in [1.165, 1.54) is 24.1 Å². The summed E-state index contributed by atoms with van der Waals surface area (Å²) in [4.78, 5) is 36.1. The van der Waals surface area contributed by atoms with Gasteiger partial charge < -0.3 is 15.5 Å². The van der Waals surface area contributed by atoms with Crippen LogP contribution < -0.4 is 10.6 Å². The summed E-state index contributed by atoms with van der Waals surface area (Å²) in [7, 11) is 1.49. The molecule has 1 aliphatic carbocycles. The smallest absolute Gasteiger partial charge is 0.293 e. The highest BCUT2D eigenvalue weighted by atomic mass is 16.6. The number of nitro groups is 1. The Bertz CT molecular complexity index is 655. The molecule has 1 fully saturated rings. The Morgan fingerprint density at radius 2 is 2.04 bits per heavy atom. The molecule has 1 aromatic rings. The lowest BCUT2D eigenvalue weighted by Gasteiger charge is -2.18. The van der Waals surface area contributed by atoms with E-state index < -0.39 is 10.8 Å². The summed E-state index contributed by atoms with van der Waals surface area (Å²) in [6, 6.07) is 4.59. The summed E-state index contributed by atoms with van der Waals surface area (Å²) in [5, 5.41) is 17.0. The van der Waals surface area contributed by atoms with E-state index in [1.807, 2.05) is 13.8 Å². The van der Waals surface area contributed by atoms with Crippen LogP contribution in [-0.4, -0.2) is 47.3 Å². The van der Waals surface area contributed by atoms with Gasteiger partial charge in [0.05, 0.1) is 11.5 Å². The van der Waals surface area contributed by atoms with Gasteiger partial charge in [-0.2, -0.15) is 0 Å². The second kappa shape index (κ2) is 7.29. The Kier molecular flexibility index (Phi) is 5.38. The zero-order valence-electron chi connectivity index (χ0n) is 14.0. The number of nitrogens with one attached hydrogen (secondary N) is 2. The molecule has 8 heteroatoms. The first-order valence-electron chi connectivity index (χ1n) is 7.87. The molecule has 0 saturated heterocycles. The molecule has 8 nitrogen and oxygen atoms in total. The van der Waals surface area contributed by atoms with Crippen LogP contribution in [0.25, 0.3) is 0 Å². The highest BCUT2D eigenvalue weighted by Gasteiger charge is 2.26. The molecule has 2 rings (SSSR count). The van der Waals surface area contributed by atoms with Gasteiger partial charge in [-0.25, -0.2) is 0 Å². The summed E-state index contributed by atoms with van der Waals surface area (Å²) in [5.74, 6) is -0.711. The average molecular weight is 334 g/mol. The van der Waals surface area contributed by atoms with Crippen LogP contribution in [0.1, 0.15) is 37.0 Å². The molecule has 0 bridgehead atoms. The quantitative estimate of drug-likeness (QED) is 0.584. The fourth-order valence-corrected chi connectivity index (χ4v) is 2.26. The van der Waals surface area contributed by atoms with Gasteiger partial charge >= 0.3 is 0 Å². The maximum absolute atomic E-state index is 12.4. The van der Waals surface area contributed by atoms with Crippen molar-refractivity contribution in [2.75, 3.05) is 18.9 Å². The molecule has 0 spiro atoms. The van der Waals surface area contributed by atoms with Gasteiger partial charge in [0.15, 0.2) is 0 Å². The van der Waals surface area contributed by atoms with E-state index in [2.05, 4.69) is 10.6 Å². The monoisotopic (exact) mass is 334 g/mol. The van der Waals surface area contributed by atoms with Gasteiger partial charge in [-0.05, 0) is 38.8 Å². The Morgan fingerprint density at radius 3 is 2.58 bits per heavy atom. The molecule has 2 amide bonds. The lowest BCUT2D eigenvalue weighted by atomic mass is 10.1. The molecule has 0 unspecified atom stereocenters. The molecule has 24 heavy (non-hydrogen) atoms. The van der Waals surface area contributed by atoms with Gasteiger partial charge in [-0.3, -0.25) is 19.7 Å². The van der Waals surface area contributed by atoms with E-state index in [0.29, 0.717) is 5.69 Å². The number of nitro benzene ring substituents is 1. The Morgan fingerprint density at radius 1 is 1.38 bits per heavy atom. The topological polar surface area (TPSA) is 105 Å². The minimum atomic E-state index is -0.507. The third kappa shape index (κ3) is 4.68. The van der Waals surface area contributed by atoms with E-state index in [1.54, 1.807) is 6.07 Å². The van der Waals surface area contributed by atoms with E-state index in [4.69, 9.17) is 0 Å². The zero-order valence-corrected chi connectivity index (χ0v) is 14.0. The maximum Gasteiger partial charge on any atom is 0.293 e. The Balaban J connectivity index is 2.12. The first kappa shape index (κ1) is 17.7. The van der Waals surface area contributed by atoms with Crippen LogP contribution in [-0.2, 0) is 4.79 Å². The second-order valence-corrected chi connectivity index (χ2v) is 6.29. The number of anilines is 1. The molecule has 0 heterocycles. The van der Waals surface area contributed by atoms with Crippen LogP contribution >= 0.6 is 0 Å². The van der Waals surface area contributed by atoms with E-state index >= 15 is 0 Å². The van der Waals surface area contributed by atoms with Crippen LogP contribution in [0.5, 0.6) is 0 Å². The number of carbonyl (C=O) groups is 2. The standard InChI is InChI=1S/C16H22N4O4/c1-10(2)17-15(21)9-19(3)16(22)11-4-7-13(18-12-5-6-12)14(8-11)20(23)24/h4,7-8,10,12,18H,5-6,9H2,1-3H3,(H,17,21). The lowest BCUT2D eigenvalue weighted by molar-refractivity contribution is -0.384. The predicted molar refractivity (Wildman–Crippen MR) is 90.0 cm³/mol. The van der Waals surface area contributed by atoms with Crippen LogP contribution in [0, 0.1) is 10.1 Å². The average Bonchev–Trinajstić information content (AvgIpc) is 3.29. The molecule has 0 atom stereocenters. The van der Waals surface area contributed by atoms with Crippen molar-refractivity contribution in [2.24, 2.45) is 0 Å². The third-order valence-corrected chi connectivity index (χ3v) is 3.56. The Hall–Kier alpha value is -2.64.